The van der Waals surface area contributed by atoms with Crippen molar-refractivity contribution in [2.24, 2.45) is 0 Å². The Hall–Kier alpha value is -0.595. The maximum Gasteiger partial charge on any atom is 0.594 e. The molecule has 0 radical (unpaired) electrons. The number of rotatable bonds is 3. The first-order chi connectivity index (χ1) is 6.40. The van der Waals surface area contributed by atoms with Crippen molar-refractivity contribution in [1.82, 2.24) is 0 Å². The predicted molar refractivity (Wildman–Crippen MR) is 53.1 cm³/mol. The first kappa shape index (κ1) is 8.98. The lowest BCUT2D eigenvalue weighted by molar-refractivity contribution is 0.366. The Balaban J connectivity index is 1.83. The average molecular weight is 180 g/mol. The maximum atomic E-state index is 5.72. The summed E-state index contributed by atoms with van der Waals surface area (Å²) in [4.78, 5) is 0. The van der Waals surface area contributed by atoms with E-state index in [2.05, 4.69) is 6.92 Å². The van der Waals surface area contributed by atoms with Crippen molar-refractivity contribution in [3.8, 4) is 0 Å². The zero-order valence-electron chi connectivity index (χ0n) is 8.34. The molecule has 2 aliphatic rings. The van der Waals surface area contributed by atoms with Gasteiger partial charge in [0.15, 0.2) is 0 Å². The standard InChI is InChI=1S/C10H17BO2/c1-2-3-8-11-12-9-6-4-5-7-10(9)13-11/h2-8H2,1H3. The number of hydrogen-bond donors (Lipinski definition) is 0. The monoisotopic (exact) mass is 180 g/mol. The fourth-order valence-electron chi connectivity index (χ4n) is 1.93. The van der Waals surface area contributed by atoms with Crippen LogP contribution in [0, 0.1) is 0 Å². The van der Waals surface area contributed by atoms with Gasteiger partial charge in [0.05, 0.1) is 0 Å². The molecule has 1 aliphatic heterocycles. The zero-order chi connectivity index (χ0) is 9.10. The molecule has 0 atom stereocenters. The van der Waals surface area contributed by atoms with E-state index in [1.807, 2.05) is 0 Å². The molecule has 72 valence electrons. The van der Waals surface area contributed by atoms with E-state index in [-0.39, 0.29) is 7.12 Å². The van der Waals surface area contributed by atoms with Crippen LogP contribution in [0.1, 0.15) is 45.4 Å². The summed E-state index contributed by atoms with van der Waals surface area (Å²) >= 11 is 0. The smallest absolute Gasteiger partial charge is 0.526 e. The van der Waals surface area contributed by atoms with Crippen LogP contribution in [0.3, 0.4) is 0 Å². The quantitative estimate of drug-likeness (QED) is 0.621. The average Bonchev–Trinajstić information content (AvgIpc) is 2.57. The molecule has 0 aromatic heterocycles. The van der Waals surface area contributed by atoms with E-state index in [9.17, 15) is 0 Å². The summed E-state index contributed by atoms with van der Waals surface area (Å²) in [5, 5.41) is 0. The first-order valence-electron chi connectivity index (χ1n) is 5.45. The van der Waals surface area contributed by atoms with Crippen molar-refractivity contribution in [2.75, 3.05) is 0 Å². The van der Waals surface area contributed by atoms with Gasteiger partial charge in [-0.3, -0.25) is 0 Å². The maximum absolute atomic E-state index is 5.72. The predicted octanol–water partition coefficient (Wildman–Crippen LogP) is 3.11. The van der Waals surface area contributed by atoms with E-state index in [0.29, 0.717) is 0 Å². The Morgan fingerprint density at radius 1 is 1.15 bits per heavy atom. The molecular weight excluding hydrogens is 163 g/mol. The molecular formula is C10H17BO2. The summed E-state index contributed by atoms with van der Waals surface area (Å²) in [7, 11) is 0.0445. The SMILES string of the molecule is CCCCB1OC2=C(CCCC2)O1. The highest BCUT2D eigenvalue weighted by Gasteiger charge is 2.33. The fourth-order valence-corrected chi connectivity index (χ4v) is 1.93. The Morgan fingerprint density at radius 2 is 1.77 bits per heavy atom. The third-order valence-electron chi connectivity index (χ3n) is 2.71. The third kappa shape index (κ3) is 2.01. The van der Waals surface area contributed by atoms with E-state index in [1.165, 1.54) is 25.7 Å². The molecule has 0 aromatic carbocycles. The Bertz CT molecular complexity index is 195. The minimum atomic E-state index is 0.0445. The molecule has 1 aliphatic carbocycles. The summed E-state index contributed by atoms with van der Waals surface area (Å²) in [5.74, 6) is 2.29. The van der Waals surface area contributed by atoms with Gasteiger partial charge in [-0.2, -0.15) is 0 Å². The van der Waals surface area contributed by atoms with Gasteiger partial charge in [-0.15, -0.1) is 0 Å². The molecule has 0 amide bonds. The van der Waals surface area contributed by atoms with Gasteiger partial charge < -0.3 is 9.31 Å². The van der Waals surface area contributed by atoms with Gasteiger partial charge in [0.1, 0.15) is 11.5 Å². The van der Waals surface area contributed by atoms with Gasteiger partial charge in [-0.1, -0.05) is 19.8 Å². The van der Waals surface area contributed by atoms with Gasteiger partial charge in [0.25, 0.3) is 0 Å². The molecule has 0 N–H and O–H groups in total. The molecule has 2 rings (SSSR count). The van der Waals surface area contributed by atoms with Crippen molar-refractivity contribution in [1.29, 1.82) is 0 Å². The number of unbranched alkanes of at least 4 members (excludes halogenated alkanes) is 1. The highest BCUT2D eigenvalue weighted by atomic mass is 16.6. The molecule has 0 saturated heterocycles. The Morgan fingerprint density at radius 3 is 2.31 bits per heavy atom. The minimum absolute atomic E-state index is 0.0445. The Labute approximate surface area is 80.4 Å². The van der Waals surface area contributed by atoms with Crippen molar-refractivity contribution in [3.05, 3.63) is 11.5 Å². The highest BCUT2D eigenvalue weighted by Crippen LogP contribution is 2.33. The lowest BCUT2D eigenvalue weighted by Gasteiger charge is -2.10. The van der Waals surface area contributed by atoms with Gasteiger partial charge >= 0.3 is 7.12 Å². The molecule has 0 saturated carbocycles. The minimum Gasteiger partial charge on any atom is -0.526 e. The summed E-state index contributed by atoms with van der Waals surface area (Å²) in [6, 6.07) is 0. The second-order valence-electron chi connectivity index (χ2n) is 3.86. The molecule has 0 spiro atoms. The van der Waals surface area contributed by atoms with Crippen LogP contribution >= 0.6 is 0 Å². The van der Waals surface area contributed by atoms with E-state index in [1.54, 1.807) is 0 Å². The van der Waals surface area contributed by atoms with Crippen LogP contribution in [0.4, 0.5) is 0 Å². The van der Waals surface area contributed by atoms with Crippen LogP contribution in [-0.4, -0.2) is 7.12 Å². The van der Waals surface area contributed by atoms with Crippen LogP contribution in [-0.2, 0) is 9.31 Å². The molecule has 2 nitrogen and oxygen atoms in total. The van der Waals surface area contributed by atoms with Crippen molar-refractivity contribution < 1.29 is 9.31 Å². The molecule has 0 unspecified atom stereocenters. The van der Waals surface area contributed by atoms with Crippen LogP contribution in [0.25, 0.3) is 0 Å². The van der Waals surface area contributed by atoms with E-state index in [0.717, 1.165) is 30.7 Å². The summed E-state index contributed by atoms with van der Waals surface area (Å²) in [5.41, 5.74) is 0. The lowest BCUT2D eigenvalue weighted by atomic mass is 9.83. The number of allylic oxidation sites excluding steroid dienone is 2. The third-order valence-corrected chi connectivity index (χ3v) is 2.71. The molecule has 3 heteroatoms. The normalized spacial score (nSPS) is 21.2. The van der Waals surface area contributed by atoms with Crippen molar-refractivity contribution in [3.63, 3.8) is 0 Å². The second-order valence-corrected chi connectivity index (χ2v) is 3.86. The topological polar surface area (TPSA) is 18.5 Å². The summed E-state index contributed by atoms with van der Waals surface area (Å²) in [6.45, 7) is 2.20. The van der Waals surface area contributed by atoms with Crippen LogP contribution < -0.4 is 0 Å². The van der Waals surface area contributed by atoms with Crippen molar-refractivity contribution >= 4 is 7.12 Å². The molecule has 1 heterocycles. The fraction of sp³-hybridized carbons (Fsp3) is 0.800. The van der Waals surface area contributed by atoms with Crippen LogP contribution in [0.15, 0.2) is 11.5 Å². The Kier molecular flexibility index (Phi) is 2.82. The summed E-state index contributed by atoms with van der Waals surface area (Å²) in [6.07, 6.45) is 8.18. The highest BCUT2D eigenvalue weighted by molar-refractivity contribution is 6.45. The van der Waals surface area contributed by atoms with Gasteiger partial charge in [-0.25, -0.2) is 0 Å². The van der Waals surface area contributed by atoms with Crippen LogP contribution in [0.2, 0.25) is 6.32 Å². The zero-order valence-corrected chi connectivity index (χ0v) is 8.34. The lowest BCUT2D eigenvalue weighted by Crippen LogP contribution is -2.14. The molecule has 0 aromatic rings. The largest absolute Gasteiger partial charge is 0.594 e. The molecule has 13 heavy (non-hydrogen) atoms. The van der Waals surface area contributed by atoms with Crippen molar-refractivity contribution in [2.45, 2.75) is 51.8 Å². The van der Waals surface area contributed by atoms with Gasteiger partial charge in [0.2, 0.25) is 0 Å². The van der Waals surface area contributed by atoms with Gasteiger partial charge in [0, 0.05) is 19.2 Å². The van der Waals surface area contributed by atoms with E-state index in [4.69, 9.17) is 9.31 Å². The van der Waals surface area contributed by atoms with E-state index >= 15 is 0 Å². The van der Waals surface area contributed by atoms with Crippen LogP contribution in [0.5, 0.6) is 0 Å². The van der Waals surface area contributed by atoms with Gasteiger partial charge in [-0.05, 0) is 12.8 Å². The second kappa shape index (κ2) is 4.08. The van der Waals surface area contributed by atoms with E-state index < -0.39 is 0 Å². The first-order valence-corrected chi connectivity index (χ1v) is 5.45. The number of hydrogen-bond acceptors (Lipinski definition) is 2. The molecule has 0 bridgehead atoms. The molecule has 0 fully saturated rings. The summed E-state index contributed by atoms with van der Waals surface area (Å²) < 4.78 is 11.4.